The Morgan fingerprint density at radius 1 is 1.22 bits per heavy atom. The van der Waals surface area contributed by atoms with Crippen molar-refractivity contribution in [1.29, 1.82) is 0 Å². The molecule has 0 aliphatic rings. The summed E-state index contributed by atoms with van der Waals surface area (Å²) in [6.07, 6.45) is 5.76. The molecule has 0 saturated carbocycles. The lowest BCUT2D eigenvalue weighted by atomic mass is 9.81. The van der Waals surface area contributed by atoms with Crippen LogP contribution in [0.3, 0.4) is 0 Å². The second-order valence-corrected chi connectivity index (χ2v) is 5.71. The van der Waals surface area contributed by atoms with Crippen LogP contribution in [0, 0.1) is 12.8 Å². The van der Waals surface area contributed by atoms with Crippen LogP contribution in [0.25, 0.3) is 0 Å². The molecule has 0 heterocycles. The molecule has 18 heavy (non-hydrogen) atoms. The Bertz CT molecular complexity index is 354. The predicted molar refractivity (Wildman–Crippen MR) is 78.7 cm³/mol. The number of unbranched alkanes of at least 4 members (excludes halogenated alkanes) is 1. The molecule has 1 rings (SSSR count). The Balaban J connectivity index is 2.76. The molecule has 1 aromatic carbocycles. The van der Waals surface area contributed by atoms with Gasteiger partial charge in [0.25, 0.3) is 0 Å². The van der Waals surface area contributed by atoms with Gasteiger partial charge in [-0.15, -0.1) is 0 Å². The fourth-order valence-electron chi connectivity index (χ4n) is 2.79. The first kappa shape index (κ1) is 15.2. The van der Waals surface area contributed by atoms with Gasteiger partial charge in [-0.2, -0.15) is 0 Å². The Labute approximate surface area is 112 Å². The van der Waals surface area contributed by atoms with Gasteiger partial charge in [-0.1, -0.05) is 63.8 Å². The van der Waals surface area contributed by atoms with Gasteiger partial charge in [0.15, 0.2) is 0 Å². The van der Waals surface area contributed by atoms with E-state index < -0.39 is 5.60 Å². The van der Waals surface area contributed by atoms with Crippen LogP contribution in [-0.4, -0.2) is 5.11 Å². The van der Waals surface area contributed by atoms with Gasteiger partial charge in [-0.05, 0) is 37.3 Å². The van der Waals surface area contributed by atoms with Gasteiger partial charge >= 0.3 is 0 Å². The van der Waals surface area contributed by atoms with Crippen LogP contribution in [0.2, 0.25) is 0 Å². The van der Waals surface area contributed by atoms with Crippen LogP contribution >= 0.6 is 0 Å². The number of aryl methyl sites for hydroxylation is 1. The molecule has 0 bridgehead atoms. The predicted octanol–water partition coefficient (Wildman–Crippen LogP) is 4.81. The molecular formula is C17H28O. The first-order chi connectivity index (χ1) is 8.51. The maximum absolute atomic E-state index is 10.8. The quantitative estimate of drug-likeness (QED) is 0.734. The minimum absolute atomic E-state index is 0.625. The Kier molecular flexibility index (Phi) is 5.87. The van der Waals surface area contributed by atoms with Crippen molar-refractivity contribution in [1.82, 2.24) is 0 Å². The minimum atomic E-state index is -0.695. The molecule has 2 atom stereocenters. The highest BCUT2D eigenvalue weighted by Gasteiger charge is 2.27. The van der Waals surface area contributed by atoms with Gasteiger partial charge in [0.2, 0.25) is 0 Å². The van der Waals surface area contributed by atoms with E-state index in [4.69, 9.17) is 0 Å². The van der Waals surface area contributed by atoms with Gasteiger partial charge in [0.05, 0.1) is 5.60 Å². The third-order valence-corrected chi connectivity index (χ3v) is 3.95. The smallest absolute Gasteiger partial charge is 0.0873 e. The fourth-order valence-corrected chi connectivity index (χ4v) is 2.79. The average Bonchev–Trinajstić information content (AvgIpc) is 2.34. The molecule has 0 aromatic heterocycles. The Morgan fingerprint density at radius 3 is 2.44 bits per heavy atom. The summed E-state index contributed by atoms with van der Waals surface area (Å²) in [4.78, 5) is 0. The lowest BCUT2D eigenvalue weighted by molar-refractivity contribution is 0.0269. The van der Waals surface area contributed by atoms with Gasteiger partial charge < -0.3 is 5.11 Å². The average molecular weight is 248 g/mol. The zero-order chi connectivity index (χ0) is 13.6. The third kappa shape index (κ3) is 4.13. The minimum Gasteiger partial charge on any atom is -0.385 e. The highest BCUT2D eigenvalue weighted by molar-refractivity contribution is 5.30. The van der Waals surface area contributed by atoms with Crippen molar-refractivity contribution in [2.24, 2.45) is 5.92 Å². The monoisotopic (exact) mass is 248 g/mol. The molecule has 0 saturated heterocycles. The van der Waals surface area contributed by atoms with Crippen molar-refractivity contribution in [2.75, 3.05) is 0 Å². The van der Waals surface area contributed by atoms with Gasteiger partial charge in [0.1, 0.15) is 0 Å². The molecule has 2 unspecified atom stereocenters. The van der Waals surface area contributed by atoms with Crippen molar-refractivity contribution >= 4 is 0 Å². The molecule has 0 aliphatic carbocycles. The summed E-state index contributed by atoms with van der Waals surface area (Å²) in [6.45, 7) is 8.50. The third-order valence-electron chi connectivity index (χ3n) is 3.95. The summed E-state index contributed by atoms with van der Waals surface area (Å²) in [5, 5.41) is 10.8. The van der Waals surface area contributed by atoms with Crippen molar-refractivity contribution in [3.63, 3.8) is 0 Å². The molecule has 0 radical (unpaired) electrons. The second-order valence-electron chi connectivity index (χ2n) is 5.71. The molecule has 0 spiro atoms. The number of rotatable bonds is 7. The topological polar surface area (TPSA) is 20.2 Å². The summed E-state index contributed by atoms with van der Waals surface area (Å²) in [7, 11) is 0. The lowest BCUT2D eigenvalue weighted by Crippen LogP contribution is -2.26. The summed E-state index contributed by atoms with van der Waals surface area (Å²) < 4.78 is 0. The number of benzene rings is 1. The van der Waals surface area contributed by atoms with Crippen molar-refractivity contribution < 1.29 is 5.11 Å². The number of hydrogen-bond acceptors (Lipinski definition) is 1. The Hall–Kier alpha value is -0.820. The summed E-state index contributed by atoms with van der Waals surface area (Å²) >= 11 is 0. The van der Waals surface area contributed by atoms with Crippen LogP contribution in [0.15, 0.2) is 24.3 Å². The Morgan fingerprint density at radius 2 is 1.89 bits per heavy atom. The van der Waals surface area contributed by atoms with Gasteiger partial charge in [-0.25, -0.2) is 0 Å². The van der Waals surface area contributed by atoms with Crippen molar-refractivity contribution in [2.45, 2.75) is 65.4 Å². The molecular weight excluding hydrogens is 220 g/mol. The largest absolute Gasteiger partial charge is 0.385 e. The van der Waals surface area contributed by atoms with Crippen LogP contribution in [0.4, 0.5) is 0 Å². The van der Waals surface area contributed by atoms with Crippen LogP contribution in [0.5, 0.6) is 0 Å². The van der Waals surface area contributed by atoms with E-state index in [1.54, 1.807) is 0 Å². The molecule has 1 N–H and O–H groups in total. The summed E-state index contributed by atoms with van der Waals surface area (Å²) in [5.74, 6) is 0.625. The summed E-state index contributed by atoms with van der Waals surface area (Å²) in [5.41, 5.74) is 1.58. The molecule has 1 nitrogen and oxygen atoms in total. The maximum Gasteiger partial charge on any atom is 0.0873 e. The normalized spacial score (nSPS) is 16.3. The van der Waals surface area contributed by atoms with Crippen molar-refractivity contribution in [3.8, 4) is 0 Å². The first-order valence-electron chi connectivity index (χ1n) is 7.29. The highest BCUT2D eigenvalue weighted by Crippen LogP contribution is 2.33. The first-order valence-corrected chi connectivity index (χ1v) is 7.29. The second kappa shape index (κ2) is 6.94. The zero-order valence-corrected chi connectivity index (χ0v) is 12.4. The molecule has 0 fully saturated rings. The van der Waals surface area contributed by atoms with E-state index in [-0.39, 0.29) is 0 Å². The van der Waals surface area contributed by atoms with E-state index in [9.17, 15) is 5.11 Å². The van der Waals surface area contributed by atoms with Crippen LogP contribution in [-0.2, 0) is 5.60 Å². The number of aliphatic hydroxyl groups is 1. The van der Waals surface area contributed by atoms with E-state index in [0.29, 0.717) is 5.92 Å². The fraction of sp³-hybridized carbons (Fsp3) is 0.647. The van der Waals surface area contributed by atoms with E-state index in [1.807, 2.05) is 19.1 Å². The molecule has 102 valence electrons. The van der Waals surface area contributed by atoms with Gasteiger partial charge in [-0.3, -0.25) is 0 Å². The van der Waals surface area contributed by atoms with E-state index in [2.05, 4.69) is 32.9 Å². The highest BCUT2D eigenvalue weighted by atomic mass is 16.3. The van der Waals surface area contributed by atoms with E-state index in [1.165, 1.54) is 24.8 Å². The summed E-state index contributed by atoms with van der Waals surface area (Å²) in [6, 6.07) is 8.19. The SMILES string of the molecule is CCCCC(CC)CC(C)(O)c1ccccc1C. The van der Waals surface area contributed by atoms with E-state index >= 15 is 0 Å². The van der Waals surface area contributed by atoms with Crippen LogP contribution in [0.1, 0.15) is 64.0 Å². The van der Waals surface area contributed by atoms with E-state index in [0.717, 1.165) is 18.4 Å². The maximum atomic E-state index is 10.8. The molecule has 1 heteroatoms. The zero-order valence-electron chi connectivity index (χ0n) is 12.4. The standard InChI is InChI=1S/C17H28O/c1-5-7-11-15(6-2)13-17(4,18)16-12-9-8-10-14(16)3/h8-10,12,15,18H,5-7,11,13H2,1-4H3. The molecule has 0 amide bonds. The molecule has 1 aromatic rings. The molecule has 0 aliphatic heterocycles. The lowest BCUT2D eigenvalue weighted by Gasteiger charge is -2.30. The van der Waals surface area contributed by atoms with Crippen molar-refractivity contribution in [3.05, 3.63) is 35.4 Å². The van der Waals surface area contributed by atoms with Gasteiger partial charge in [0, 0.05) is 0 Å². The van der Waals surface area contributed by atoms with Crippen LogP contribution < -0.4 is 0 Å². The number of hydrogen-bond donors (Lipinski definition) is 1.